The second-order valence-corrected chi connectivity index (χ2v) is 11.1. The van der Waals surface area contributed by atoms with Crippen molar-refractivity contribution in [3.8, 4) is 0 Å². The van der Waals surface area contributed by atoms with Gasteiger partial charge in [0.1, 0.15) is 11.8 Å². The predicted molar refractivity (Wildman–Crippen MR) is 141 cm³/mol. The van der Waals surface area contributed by atoms with Crippen molar-refractivity contribution in [1.29, 1.82) is 5.41 Å². The molecule has 0 heterocycles. The van der Waals surface area contributed by atoms with Gasteiger partial charge in [0, 0.05) is 13.1 Å². The highest BCUT2D eigenvalue weighted by Crippen LogP contribution is 2.32. The van der Waals surface area contributed by atoms with Gasteiger partial charge < -0.3 is 21.9 Å². The number of nitrogens with zero attached hydrogens (tertiary/aromatic N) is 1. The minimum Gasteiger partial charge on any atom is -0.480 e. The topological polar surface area (TPSA) is 180 Å². The number of carbonyl (C=O) groups is 2. The van der Waals surface area contributed by atoms with Crippen LogP contribution < -0.4 is 16.8 Å². The van der Waals surface area contributed by atoms with Crippen LogP contribution in [0.5, 0.6) is 0 Å². The van der Waals surface area contributed by atoms with Crippen LogP contribution in [0, 0.1) is 12.3 Å². The van der Waals surface area contributed by atoms with E-state index in [1.807, 2.05) is 0 Å². The number of nitrogens with two attached hydrogens (primary N) is 2. The molecule has 196 valence electrons. The highest BCUT2D eigenvalue weighted by atomic mass is 35.5. The van der Waals surface area contributed by atoms with Gasteiger partial charge in [-0.15, -0.1) is 0 Å². The molecular formula is C22H26Cl3N5O5S. The lowest BCUT2D eigenvalue weighted by Crippen LogP contribution is -2.45. The summed E-state index contributed by atoms with van der Waals surface area (Å²) in [6.45, 7) is 1.71. The Labute approximate surface area is 223 Å². The number of amides is 1. The number of carbonyl (C=O) groups excluding carboxylic acids is 1. The first-order valence-electron chi connectivity index (χ1n) is 10.6. The Bertz CT molecular complexity index is 1270. The SMILES string of the molecule is Cc1c(S(=O)(=O)CC(=O)N(CCCC(N)C(=O)O)C(=N)N)ccc(NCc2ccc(Cl)c(Cl)c2)c1Cl. The fourth-order valence-electron chi connectivity index (χ4n) is 3.28. The van der Waals surface area contributed by atoms with Crippen molar-refractivity contribution >= 4 is 68.2 Å². The van der Waals surface area contributed by atoms with E-state index < -0.39 is 39.5 Å². The van der Waals surface area contributed by atoms with Crippen LogP contribution in [0.25, 0.3) is 0 Å². The Morgan fingerprint density at radius 1 is 1.17 bits per heavy atom. The van der Waals surface area contributed by atoms with Crippen LogP contribution in [0.3, 0.4) is 0 Å². The molecule has 0 aliphatic rings. The standard InChI is InChI=1S/C22H26Cl3N5O5S/c1-12-18(7-6-17(20(12)25)29-10-13-4-5-14(23)15(24)9-13)36(34,35)11-19(31)30(22(27)28)8-2-3-16(26)21(32)33/h4-7,9,16,29H,2-3,8,10-11,26H2,1H3,(H3,27,28)(H,32,33). The van der Waals surface area contributed by atoms with Gasteiger partial charge in [-0.25, -0.2) is 8.42 Å². The number of carboxylic acids is 1. The maximum Gasteiger partial charge on any atom is 0.320 e. The van der Waals surface area contributed by atoms with E-state index in [-0.39, 0.29) is 34.9 Å². The number of halogens is 3. The summed E-state index contributed by atoms with van der Waals surface area (Å²) in [4.78, 5) is 24.1. The number of hydrogen-bond donors (Lipinski definition) is 5. The quantitative estimate of drug-likeness (QED) is 0.199. The molecule has 10 nitrogen and oxygen atoms in total. The number of carboxylic acid groups (broad SMARTS) is 1. The van der Waals surface area contributed by atoms with Crippen LogP contribution in [0.4, 0.5) is 5.69 Å². The second kappa shape index (κ2) is 12.6. The molecule has 0 fully saturated rings. The monoisotopic (exact) mass is 577 g/mol. The van der Waals surface area contributed by atoms with Gasteiger partial charge in [-0.3, -0.25) is 19.9 Å². The highest BCUT2D eigenvalue weighted by molar-refractivity contribution is 7.92. The van der Waals surface area contributed by atoms with E-state index in [4.69, 9.17) is 56.8 Å². The Morgan fingerprint density at radius 3 is 2.42 bits per heavy atom. The molecule has 0 aliphatic carbocycles. The van der Waals surface area contributed by atoms with Gasteiger partial charge in [0.05, 0.1) is 25.7 Å². The molecule has 2 aromatic carbocycles. The molecule has 1 atom stereocenters. The predicted octanol–water partition coefficient (Wildman–Crippen LogP) is 3.26. The summed E-state index contributed by atoms with van der Waals surface area (Å²) < 4.78 is 26.0. The van der Waals surface area contributed by atoms with E-state index in [0.717, 1.165) is 10.5 Å². The third kappa shape index (κ3) is 7.71. The lowest BCUT2D eigenvalue weighted by Gasteiger charge is -2.21. The lowest BCUT2D eigenvalue weighted by molar-refractivity contribution is -0.138. The normalized spacial score (nSPS) is 12.1. The van der Waals surface area contributed by atoms with E-state index in [1.165, 1.54) is 19.1 Å². The van der Waals surface area contributed by atoms with Crippen LogP contribution >= 0.6 is 34.8 Å². The molecule has 0 bridgehead atoms. The van der Waals surface area contributed by atoms with E-state index in [9.17, 15) is 18.0 Å². The van der Waals surface area contributed by atoms with Crippen molar-refractivity contribution in [2.24, 2.45) is 11.5 Å². The fourth-order valence-corrected chi connectivity index (χ4v) is 5.37. The van der Waals surface area contributed by atoms with Crippen molar-refractivity contribution < 1.29 is 23.1 Å². The Hall–Kier alpha value is -2.57. The summed E-state index contributed by atoms with van der Waals surface area (Å²) in [6, 6.07) is 6.81. The summed E-state index contributed by atoms with van der Waals surface area (Å²) in [5.74, 6) is -3.75. The molecular weight excluding hydrogens is 553 g/mol. The van der Waals surface area contributed by atoms with Gasteiger partial charge >= 0.3 is 5.97 Å². The molecule has 0 radical (unpaired) electrons. The van der Waals surface area contributed by atoms with Crippen LogP contribution in [0.2, 0.25) is 15.1 Å². The minimum atomic E-state index is -4.15. The zero-order valence-electron chi connectivity index (χ0n) is 19.2. The Balaban J connectivity index is 2.14. The maximum absolute atomic E-state index is 13.0. The Morgan fingerprint density at radius 2 is 1.83 bits per heavy atom. The highest BCUT2D eigenvalue weighted by Gasteiger charge is 2.27. The van der Waals surface area contributed by atoms with Crippen molar-refractivity contribution in [3.63, 3.8) is 0 Å². The third-order valence-corrected chi connectivity index (χ3v) is 8.22. The van der Waals surface area contributed by atoms with Crippen molar-refractivity contribution in [2.75, 3.05) is 17.6 Å². The molecule has 1 amide bonds. The van der Waals surface area contributed by atoms with Crippen molar-refractivity contribution in [3.05, 3.63) is 56.5 Å². The molecule has 7 N–H and O–H groups in total. The number of anilines is 1. The third-order valence-electron chi connectivity index (χ3n) is 5.26. The summed E-state index contributed by atoms with van der Waals surface area (Å²) >= 11 is 18.4. The van der Waals surface area contributed by atoms with E-state index in [0.29, 0.717) is 22.3 Å². The van der Waals surface area contributed by atoms with Gasteiger partial charge in [-0.05, 0) is 55.2 Å². The molecule has 2 rings (SSSR count). The molecule has 0 aliphatic heterocycles. The fraction of sp³-hybridized carbons (Fsp3) is 0.318. The van der Waals surface area contributed by atoms with Crippen molar-refractivity contribution in [2.45, 2.75) is 37.2 Å². The van der Waals surface area contributed by atoms with E-state index >= 15 is 0 Å². The number of benzene rings is 2. The molecule has 1 unspecified atom stereocenters. The van der Waals surface area contributed by atoms with Crippen LogP contribution in [-0.2, 0) is 26.0 Å². The summed E-state index contributed by atoms with van der Waals surface area (Å²) in [7, 11) is -4.15. The second-order valence-electron chi connectivity index (χ2n) is 7.93. The molecule has 0 saturated heterocycles. The number of guanidine groups is 1. The van der Waals surface area contributed by atoms with Gasteiger partial charge in [0.15, 0.2) is 15.8 Å². The number of aliphatic carboxylic acids is 1. The Kier molecular flexibility index (Phi) is 10.4. The minimum absolute atomic E-state index is 0.0184. The number of sulfone groups is 1. The number of rotatable bonds is 11. The van der Waals surface area contributed by atoms with Crippen molar-refractivity contribution in [1.82, 2.24) is 4.90 Å². The number of hydrogen-bond acceptors (Lipinski definition) is 7. The first-order valence-corrected chi connectivity index (χ1v) is 13.4. The molecule has 0 spiro atoms. The van der Waals surface area contributed by atoms with Gasteiger partial charge in [-0.1, -0.05) is 40.9 Å². The smallest absolute Gasteiger partial charge is 0.320 e. The largest absolute Gasteiger partial charge is 0.480 e. The first-order chi connectivity index (χ1) is 16.7. The van der Waals surface area contributed by atoms with Gasteiger partial charge in [0.25, 0.3) is 0 Å². The number of nitrogens with one attached hydrogen (secondary N) is 2. The average Bonchev–Trinajstić information content (AvgIpc) is 2.78. The zero-order chi connectivity index (χ0) is 27.2. The van der Waals surface area contributed by atoms with Crippen LogP contribution in [-0.4, -0.2) is 54.6 Å². The molecule has 36 heavy (non-hydrogen) atoms. The summed E-state index contributed by atoms with van der Waals surface area (Å²) in [5, 5.41) is 20.5. The maximum atomic E-state index is 13.0. The van der Waals surface area contributed by atoms with E-state index in [2.05, 4.69) is 5.32 Å². The molecule has 0 saturated carbocycles. The van der Waals surface area contributed by atoms with Crippen LogP contribution in [0.1, 0.15) is 24.0 Å². The molecule has 2 aromatic rings. The summed E-state index contributed by atoms with van der Waals surface area (Å²) in [5.41, 5.74) is 12.4. The summed E-state index contributed by atoms with van der Waals surface area (Å²) in [6.07, 6.45) is 0.132. The zero-order valence-corrected chi connectivity index (χ0v) is 22.3. The molecule has 0 aromatic heterocycles. The lowest BCUT2D eigenvalue weighted by atomic mass is 10.1. The van der Waals surface area contributed by atoms with E-state index in [1.54, 1.807) is 18.2 Å². The van der Waals surface area contributed by atoms with Crippen LogP contribution in [0.15, 0.2) is 35.2 Å². The molecule has 14 heteroatoms. The average molecular weight is 579 g/mol. The first kappa shape index (κ1) is 29.7. The van der Waals surface area contributed by atoms with Gasteiger partial charge in [0.2, 0.25) is 5.91 Å². The van der Waals surface area contributed by atoms with Gasteiger partial charge in [-0.2, -0.15) is 0 Å².